The van der Waals surface area contributed by atoms with E-state index in [2.05, 4.69) is 16.4 Å². The molecule has 2 aromatic rings. The number of rotatable bonds is 4. The summed E-state index contributed by atoms with van der Waals surface area (Å²) < 4.78 is 5.73. The fourth-order valence-electron chi connectivity index (χ4n) is 4.47. The smallest absolute Gasteiger partial charge is 0.315 e. The van der Waals surface area contributed by atoms with Gasteiger partial charge in [0.1, 0.15) is 5.76 Å². The molecule has 0 saturated carbocycles. The monoisotopic (exact) mass is 464 g/mol. The third kappa shape index (κ3) is 3.78. The van der Waals surface area contributed by atoms with E-state index in [0.29, 0.717) is 5.76 Å². The summed E-state index contributed by atoms with van der Waals surface area (Å²) in [6.45, 7) is 0. The predicted octanol–water partition coefficient (Wildman–Crippen LogP) is 5.61. The van der Waals surface area contributed by atoms with E-state index >= 15 is 0 Å². The van der Waals surface area contributed by atoms with Gasteiger partial charge in [-0.3, -0.25) is 14.6 Å². The molecule has 160 valence electrons. The number of carbonyl (C=O) groups is 2. The van der Waals surface area contributed by atoms with Crippen molar-refractivity contribution in [3.63, 3.8) is 0 Å². The van der Waals surface area contributed by atoms with Crippen molar-refractivity contribution >= 4 is 40.8 Å². The molecule has 3 atom stereocenters. The summed E-state index contributed by atoms with van der Waals surface area (Å²) in [5.74, 6) is -1.27. The van der Waals surface area contributed by atoms with Crippen molar-refractivity contribution in [3.8, 4) is 0 Å². The molecule has 1 fully saturated rings. The molecule has 32 heavy (non-hydrogen) atoms. The fraction of sp³-hybridized carbons (Fsp3) is 0.160. The number of nitrogens with zero attached hydrogens (tertiary/aromatic N) is 1. The molecule has 2 aliphatic carbocycles. The highest BCUT2D eigenvalue weighted by atomic mass is 35.5. The number of hydrogen-bond donors (Lipinski definition) is 1. The molecule has 5 rings (SSSR count). The van der Waals surface area contributed by atoms with Crippen LogP contribution in [0.2, 0.25) is 10.0 Å². The standard InChI is InChI=1S/C25H18Cl2N2O3/c26-19-12-28-13-20(27)24(19)29-22(30)11-18-23(14-5-2-1-3-6-14)17-9-15-7-4-8-16(15)10-21(17)32-25(18)31/h1-10,12-13,17-18,23H,11H2,(H,28,29,30). The highest BCUT2D eigenvalue weighted by Crippen LogP contribution is 2.48. The Morgan fingerprint density at radius 2 is 1.84 bits per heavy atom. The van der Waals surface area contributed by atoms with Crippen LogP contribution in [0.15, 0.2) is 90.0 Å². The summed E-state index contributed by atoms with van der Waals surface area (Å²) in [6.07, 6.45) is 12.8. The minimum Gasteiger partial charge on any atom is -0.430 e. The number of aromatic nitrogens is 1. The summed E-state index contributed by atoms with van der Waals surface area (Å²) in [6, 6.07) is 9.76. The summed E-state index contributed by atoms with van der Waals surface area (Å²) >= 11 is 12.3. The van der Waals surface area contributed by atoms with Crippen molar-refractivity contribution in [3.05, 3.63) is 106 Å². The largest absolute Gasteiger partial charge is 0.430 e. The van der Waals surface area contributed by atoms with E-state index in [0.717, 1.165) is 16.7 Å². The normalized spacial score (nSPS) is 23.4. The van der Waals surface area contributed by atoms with Gasteiger partial charge in [-0.2, -0.15) is 0 Å². The summed E-state index contributed by atoms with van der Waals surface area (Å²) in [7, 11) is 0. The number of anilines is 1. The summed E-state index contributed by atoms with van der Waals surface area (Å²) in [5, 5.41) is 3.18. The topological polar surface area (TPSA) is 68.3 Å². The van der Waals surface area contributed by atoms with Gasteiger partial charge in [-0.25, -0.2) is 0 Å². The van der Waals surface area contributed by atoms with Crippen LogP contribution in [0, 0.1) is 11.8 Å². The van der Waals surface area contributed by atoms with E-state index in [1.54, 1.807) is 0 Å². The zero-order valence-corrected chi connectivity index (χ0v) is 18.3. The molecule has 2 heterocycles. The van der Waals surface area contributed by atoms with Crippen molar-refractivity contribution in [2.24, 2.45) is 11.8 Å². The van der Waals surface area contributed by atoms with Crippen molar-refractivity contribution in [2.45, 2.75) is 12.3 Å². The first-order chi connectivity index (χ1) is 15.5. The number of allylic oxidation sites excluding steroid dienone is 7. The minimum atomic E-state index is -0.674. The Kier molecular flexibility index (Phi) is 5.45. The second-order valence-corrected chi connectivity index (χ2v) is 8.68. The van der Waals surface area contributed by atoms with Gasteiger partial charge >= 0.3 is 5.97 Å². The van der Waals surface area contributed by atoms with E-state index in [1.165, 1.54) is 12.4 Å². The molecule has 3 aliphatic rings. The molecular weight excluding hydrogens is 447 g/mol. The van der Waals surface area contributed by atoms with Crippen molar-refractivity contribution in [2.75, 3.05) is 5.32 Å². The van der Waals surface area contributed by atoms with Crippen molar-refractivity contribution in [1.29, 1.82) is 0 Å². The van der Waals surface area contributed by atoms with E-state index in [1.807, 2.05) is 54.6 Å². The Morgan fingerprint density at radius 1 is 1.09 bits per heavy atom. The third-order valence-corrected chi connectivity index (χ3v) is 6.49. The molecule has 1 amide bonds. The van der Waals surface area contributed by atoms with Crippen LogP contribution in [-0.2, 0) is 14.3 Å². The summed E-state index contributed by atoms with van der Waals surface area (Å²) in [4.78, 5) is 29.9. The molecule has 5 nitrogen and oxygen atoms in total. The lowest BCUT2D eigenvalue weighted by atomic mass is 9.70. The van der Waals surface area contributed by atoms with Gasteiger partial charge in [0.05, 0.1) is 21.7 Å². The molecule has 1 aromatic carbocycles. The van der Waals surface area contributed by atoms with Crippen molar-refractivity contribution in [1.82, 2.24) is 4.98 Å². The second-order valence-electron chi connectivity index (χ2n) is 7.87. The quantitative estimate of drug-likeness (QED) is 0.596. The fourth-order valence-corrected chi connectivity index (χ4v) is 4.93. The summed E-state index contributed by atoms with van der Waals surface area (Å²) in [5.41, 5.74) is 3.37. The molecule has 0 radical (unpaired) electrons. The first-order valence-corrected chi connectivity index (χ1v) is 10.9. The Balaban J connectivity index is 1.48. The number of amides is 1. The second kappa shape index (κ2) is 8.41. The molecule has 1 aliphatic heterocycles. The van der Waals surface area contributed by atoms with E-state index in [9.17, 15) is 9.59 Å². The van der Waals surface area contributed by atoms with Gasteiger partial charge < -0.3 is 10.1 Å². The van der Waals surface area contributed by atoms with E-state index < -0.39 is 11.9 Å². The van der Waals surface area contributed by atoms with Crippen LogP contribution in [0.4, 0.5) is 5.69 Å². The van der Waals surface area contributed by atoms with Crippen LogP contribution in [0.3, 0.4) is 0 Å². The zero-order chi connectivity index (χ0) is 22.2. The zero-order valence-electron chi connectivity index (χ0n) is 16.8. The first kappa shape index (κ1) is 20.7. The van der Waals surface area contributed by atoms with Crippen LogP contribution in [0.1, 0.15) is 17.9 Å². The molecule has 3 unspecified atom stereocenters. The Hall–Kier alpha value is -3.15. The average molecular weight is 465 g/mol. The highest BCUT2D eigenvalue weighted by Gasteiger charge is 2.45. The predicted molar refractivity (Wildman–Crippen MR) is 123 cm³/mol. The minimum absolute atomic E-state index is 0.0706. The maximum absolute atomic E-state index is 13.1. The molecule has 0 bridgehead atoms. The van der Waals surface area contributed by atoms with Gasteiger partial charge in [0.2, 0.25) is 5.91 Å². The number of ether oxygens (including phenoxy) is 1. The van der Waals surface area contributed by atoms with Crippen LogP contribution < -0.4 is 5.32 Å². The SMILES string of the molecule is O=C(CC1C(=O)OC2=CC3=CC=CC3=CC2C1c1ccccc1)Nc1c(Cl)cncc1Cl. The third-order valence-electron chi connectivity index (χ3n) is 5.92. The number of benzene rings is 1. The highest BCUT2D eigenvalue weighted by molar-refractivity contribution is 6.39. The van der Waals surface area contributed by atoms with E-state index in [4.69, 9.17) is 27.9 Å². The van der Waals surface area contributed by atoms with Crippen LogP contribution in [0.25, 0.3) is 0 Å². The number of nitrogens with one attached hydrogen (secondary N) is 1. The molecule has 1 saturated heterocycles. The average Bonchev–Trinajstić information content (AvgIpc) is 3.23. The van der Waals surface area contributed by atoms with Crippen LogP contribution >= 0.6 is 23.2 Å². The van der Waals surface area contributed by atoms with Gasteiger partial charge in [0.25, 0.3) is 0 Å². The van der Waals surface area contributed by atoms with E-state index in [-0.39, 0.29) is 39.9 Å². The van der Waals surface area contributed by atoms with Crippen LogP contribution in [0.5, 0.6) is 0 Å². The molecular formula is C25H18Cl2N2O3. The van der Waals surface area contributed by atoms with Gasteiger partial charge in [-0.15, -0.1) is 0 Å². The van der Waals surface area contributed by atoms with Gasteiger partial charge in [-0.05, 0) is 22.8 Å². The maximum atomic E-state index is 13.1. The maximum Gasteiger partial charge on any atom is 0.315 e. The number of hydrogen-bond acceptors (Lipinski definition) is 4. The van der Waals surface area contributed by atoms with Gasteiger partial charge in [0.15, 0.2) is 0 Å². The number of esters is 1. The molecule has 0 spiro atoms. The van der Waals surface area contributed by atoms with Gasteiger partial charge in [0, 0.05) is 30.7 Å². The molecule has 1 N–H and O–H groups in total. The number of pyridine rings is 1. The lowest BCUT2D eigenvalue weighted by molar-refractivity contribution is -0.151. The Labute approximate surface area is 195 Å². The van der Waals surface area contributed by atoms with Crippen molar-refractivity contribution < 1.29 is 14.3 Å². The molecule has 7 heteroatoms. The molecule has 1 aromatic heterocycles. The lowest BCUT2D eigenvalue weighted by Crippen LogP contribution is -2.39. The van der Waals surface area contributed by atoms with Crippen LogP contribution in [-0.4, -0.2) is 16.9 Å². The number of carbonyl (C=O) groups excluding carboxylic acids is 2. The lowest BCUT2D eigenvalue weighted by Gasteiger charge is -2.39. The van der Waals surface area contributed by atoms with Gasteiger partial charge in [-0.1, -0.05) is 77.8 Å². The Bertz CT molecular complexity index is 1210. The Morgan fingerprint density at radius 3 is 2.59 bits per heavy atom. The first-order valence-electron chi connectivity index (χ1n) is 10.2. The number of halogens is 2. The number of fused-ring (bicyclic) bond motifs is 2.